The number of hydrogen-bond donors (Lipinski definition) is 1. The van der Waals surface area contributed by atoms with E-state index < -0.39 is 0 Å². The average molecular weight is 308 g/mol. The van der Waals surface area contributed by atoms with Crippen LogP contribution in [-0.4, -0.2) is 18.2 Å². The van der Waals surface area contributed by atoms with Crippen LogP contribution in [0.5, 0.6) is 5.75 Å². The van der Waals surface area contributed by atoms with Gasteiger partial charge in [0.1, 0.15) is 17.2 Å². The van der Waals surface area contributed by atoms with Gasteiger partial charge in [-0.1, -0.05) is 30.3 Å². The van der Waals surface area contributed by atoms with E-state index in [1.54, 1.807) is 25.3 Å². The van der Waals surface area contributed by atoms with Crippen LogP contribution in [0.25, 0.3) is 10.8 Å². The first-order valence-electron chi connectivity index (χ1n) is 7.21. The van der Waals surface area contributed by atoms with Crippen molar-refractivity contribution in [2.45, 2.75) is 6.92 Å². The lowest BCUT2D eigenvalue weighted by atomic mass is 10.1. The Kier molecular flexibility index (Phi) is 4.38. The average Bonchev–Trinajstić information content (AvgIpc) is 3.12. The van der Waals surface area contributed by atoms with E-state index >= 15 is 0 Å². The quantitative estimate of drug-likeness (QED) is 0.580. The standard InChI is InChI=1S/C18H16N2O3/c1-13(17-7-4-10-22-17)19-20-18(21)12-23-16-9-8-14-5-2-3-6-15(14)11-16/h2-11H,12H2,1H3,(H,20,21). The molecule has 1 amide bonds. The molecule has 0 radical (unpaired) electrons. The van der Waals surface area contributed by atoms with Gasteiger partial charge < -0.3 is 9.15 Å². The van der Waals surface area contributed by atoms with E-state index in [1.165, 1.54) is 0 Å². The molecule has 116 valence electrons. The van der Waals surface area contributed by atoms with Gasteiger partial charge in [-0.2, -0.15) is 5.10 Å². The van der Waals surface area contributed by atoms with Crippen molar-refractivity contribution in [1.82, 2.24) is 5.43 Å². The number of carbonyl (C=O) groups is 1. The molecule has 0 bridgehead atoms. The van der Waals surface area contributed by atoms with Gasteiger partial charge in [0.2, 0.25) is 0 Å². The van der Waals surface area contributed by atoms with E-state index in [2.05, 4.69) is 10.5 Å². The van der Waals surface area contributed by atoms with Gasteiger partial charge in [0.15, 0.2) is 6.61 Å². The molecule has 5 heteroatoms. The number of hydrogen-bond acceptors (Lipinski definition) is 4. The minimum absolute atomic E-state index is 0.104. The molecule has 2 aromatic carbocycles. The lowest BCUT2D eigenvalue weighted by molar-refractivity contribution is -0.123. The number of amides is 1. The minimum Gasteiger partial charge on any atom is -0.484 e. The molecule has 3 rings (SSSR count). The van der Waals surface area contributed by atoms with E-state index in [0.717, 1.165) is 10.8 Å². The van der Waals surface area contributed by atoms with Crippen LogP contribution in [0, 0.1) is 0 Å². The third kappa shape index (κ3) is 3.77. The third-order valence-corrected chi connectivity index (χ3v) is 3.32. The second-order valence-electron chi connectivity index (χ2n) is 5.01. The zero-order chi connectivity index (χ0) is 16.1. The summed E-state index contributed by atoms with van der Waals surface area (Å²) in [4.78, 5) is 11.8. The van der Waals surface area contributed by atoms with Crippen molar-refractivity contribution in [2.24, 2.45) is 5.10 Å². The predicted molar refractivity (Wildman–Crippen MR) is 88.5 cm³/mol. The molecule has 23 heavy (non-hydrogen) atoms. The Labute approximate surface area is 133 Å². The normalized spacial score (nSPS) is 11.4. The maximum atomic E-state index is 11.8. The Bertz CT molecular complexity index is 838. The highest BCUT2D eigenvalue weighted by Crippen LogP contribution is 2.20. The number of rotatable bonds is 5. The van der Waals surface area contributed by atoms with Crippen LogP contribution in [0.15, 0.2) is 70.4 Å². The molecule has 0 aliphatic rings. The number of hydrazone groups is 1. The van der Waals surface area contributed by atoms with Gasteiger partial charge >= 0.3 is 0 Å². The fourth-order valence-electron chi connectivity index (χ4n) is 2.12. The Morgan fingerprint density at radius 2 is 1.96 bits per heavy atom. The summed E-state index contributed by atoms with van der Waals surface area (Å²) in [6.07, 6.45) is 1.55. The van der Waals surface area contributed by atoms with Crippen molar-refractivity contribution >= 4 is 22.4 Å². The first-order valence-corrected chi connectivity index (χ1v) is 7.21. The van der Waals surface area contributed by atoms with Crippen LogP contribution in [0.4, 0.5) is 0 Å². The predicted octanol–water partition coefficient (Wildman–Crippen LogP) is 3.35. The molecule has 0 aliphatic heterocycles. The zero-order valence-corrected chi connectivity index (χ0v) is 12.7. The molecular weight excluding hydrogens is 292 g/mol. The summed E-state index contributed by atoms with van der Waals surface area (Å²) in [5, 5.41) is 6.17. The summed E-state index contributed by atoms with van der Waals surface area (Å²) in [6, 6.07) is 17.2. The Morgan fingerprint density at radius 1 is 1.13 bits per heavy atom. The summed E-state index contributed by atoms with van der Waals surface area (Å²) >= 11 is 0. The number of fused-ring (bicyclic) bond motifs is 1. The molecule has 3 aromatic rings. The number of carbonyl (C=O) groups excluding carboxylic acids is 1. The lowest BCUT2D eigenvalue weighted by Gasteiger charge is -2.06. The Morgan fingerprint density at radius 3 is 2.74 bits per heavy atom. The summed E-state index contributed by atoms with van der Waals surface area (Å²) < 4.78 is 10.7. The second-order valence-corrected chi connectivity index (χ2v) is 5.01. The SMILES string of the molecule is CC(=NNC(=O)COc1ccc2ccccc2c1)c1ccco1. The molecule has 1 N–H and O–H groups in total. The molecule has 1 aromatic heterocycles. The van der Waals surface area contributed by atoms with Crippen LogP contribution in [0.2, 0.25) is 0 Å². The van der Waals surface area contributed by atoms with Gasteiger partial charge in [0, 0.05) is 0 Å². The molecular formula is C18H16N2O3. The topological polar surface area (TPSA) is 63.8 Å². The van der Waals surface area contributed by atoms with Crippen molar-refractivity contribution < 1.29 is 13.9 Å². The summed E-state index contributed by atoms with van der Waals surface area (Å²) in [5.74, 6) is 0.926. The highest BCUT2D eigenvalue weighted by Gasteiger charge is 2.04. The van der Waals surface area contributed by atoms with E-state index in [0.29, 0.717) is 17.2 Å². The molecule has 1 heterocycles. The number of nitrogens with one attached hydrogen (secondary N) is 1. The van der Waals surface area contributed by atoms with E-state index in [9.17, 15) is 4.79 Å². The van der Waals surface area contributed by atoms with Crippen molar-refractivity contribution in [2.75, 3.05) is 6.61 Å². The number of nitrogens with zero attached hydrogens (tertiary/aromatic N) is 1. The maximum Gasteiger partial charge on any atom is 0.277 e. The molecule has 5 nitrogen and oxygen atoms in total. The highest BCUT2D eigenvalue weighted by molar-refractivity contribution is 5.96. The minimum atomic E-state index is -0.330. The first kappa shape index (κ1) is 14.8. The second kappa shape index (κ2) is 6.79. The van der Waals surface area contributed by atoms with E-state index in [4.69, 9.17) is 9.15 Å². The molecule has 0 saturated carbocycles. The Balaban J connectivity index is 1.56. The molecule has 0 aliphatic carbocycles. The number of furan rings is 1. The first-order chi connectivity index (χ1) is 11.2. The van der Waals surface area contributed by atoms with Crippen LogP contribution in [0.1, 0.15) is 12.7 Å². The van der Waals surface area contributed by atoms with Gasteiger partial charge in [-0.15, -0.1) is 0 Å². The monoisotopic (exact) mass is 308 g/mol. The van der Waals surface area contributed by atoms with Gasteiger partial charge in [-0.05, 0) is 42.0 Å². The summed E-state index contributed by atoms with van der Waals surface area (Å²) in [7, 11) is 0. The van der Waals surface area contributed by atoms with Crippen LogP contribution < -0.4 is 10.2 Å². The molecule has 0 unspecified atom stereocenters. The van der Waals surface area contributed by atoms with Crippen LogP contribution in [0.3, 0.4) is 0 Å². The maximum absolute atomic E-state index is 11.8. The fraction of sp³-hybridized carbons (Fsp3) is 0.111. The zero-order valence-electron chi connectivity index (χ0n) is 12.7. The van der Waals surface area contributed by atoms with Crippen LogP contribution in [-0.2, 0) is 4.79 Å². The smallest absolute Gasteiger partial charge is 0.277 e. The molecule has 0 spiro atoms. The van der Waals surface area contributed by atoms with Crippen molar-refractivity contribution in [1.29, 1.82) is 0 Å². The molecule has 0 saturated heterocycles. The lowest BCUT2D eigenvalue weighted by Crippen LogP contribution is -2.25. The van der Waals surface area contributed by atoms with Gasteiger partial charge in [0.05, 0.1) is 6.26 Å². The van der Waals surface area contributed by atoms with Gasteiger partial charge in [0.25, 0.3) is 5.91 Å². The fourth-order valence-corrected chi connectivity index (χ4v) is 2.12. The molecule has 0 atom stereocenters. The summed E-state index contributed by atoms with van der Waals surface area (Å²) in [5.41, 5.74) is 3.03. The van der Waals surface area contributed by atoms with E-state index in [-0.39, 0.29) is 12.5 Å². The molecule has 0 fully saturated rings. The number of ether oxygens (including phenoxy) is 1. The van der Waals surface area contributed by atoms with Crippen LogP contribution >= 0.6 is 0 Å². The van der Waals surface area contributed by atoms with E-state index in [1.807, 2.05) is 42.5 Å². The highest BCUT2D eigenvalue weighted by atomic mass is 16.5. The van der Waals surface area contributed by atoms with Crippen molar-refractivity contribution in [3.63, 3.8) is 0 Å². The summed E-state index contributed by atoms with van der Waals surface area (Å²) in [6.45, 7) is 1.65. The largest absolute Gasteiger partial charge is 0.484 e. The van der Waals surface area contributed by atoms with Crippen molar-refractivity contribution in [3.8, 4) is 5.75 Å². The third-order valence-electron chi connectivity index (χ3n) is 3.32. The van der Waals surface area contributed by atoms with Crippen molar-refractivity contribution in [3.05, 3.63) is 66.6 Å². The van der Waals surface area contributed by atoms with Gasteiger partial charge in [-0.3, -0.25) is 4.79 Å². The van der Waals surface area contributed by atoms with Gasteiger partial charge in [-0.25, -0.2) is 5.43 Å². The Hall–Kier alpha value is -3.08. The number of benzene rings is 2.